The molecular weight excluding hydrogens is 224 g/mol. The molecule has 0 bridgehead atoms. The molecule has 0 amide bonds. The molecular formula is C13H17F2NO. The summed E-state index contributed by atoms with van der Waals surface area (Å²) >= 11 is 0. The summed E-state index contributed by atoms with van der Waals surface area (Å²) in [7, 11) is 0. The first-order valence-electron chi connectivity index (χ1n) is 6.01. The molecule has 2 rings (SSSR count). The molecule has 2 unspecified atom stereocenters. The van der Waals surface area contributed by atoms with E-state index < -0.39 is 17.7 Å². The molecule has 1 aromatic rings. The normalized spacial score (nSPS) is 21.7. The van der Waals surface area contributed by atoms with Crippen LogP contribution in [0.25, 0.3) is 0 Å². The lowest BCUT2D eigenvalue weighted by atomic mass is 10.0. The summed E-state index contributed by atoms with van der Waals surface area (Å²) in [4.78, 5) is 0. The van der Waals surface area contributed by atoms with Crippen LogP contribution in [0.15, 0.2) is 18.2 Å². The summed E-state index contributed by atoms with van der Waals surface area (Å²) in [5.74, 6) is -1.12. The minimum absolute atomic E-state index is 0.133. The third-order valence-electron chi connectivity index (χ3n) is 3.21. The molecule has 0 radical (unpaired) electrons. The minimum Gasteiger partial charge on any atom is -0.391 e. The smallest absolute Gasteiger partial charge is 0.126 e. The average Bonchev–Trinajstić information content (AvgIpc) is 2.78. The summed E-state index contributed by atoms with van der Waals surface area (Å²) in [5.41, 5.74) is 0.597. The second-order valence-electron chi connectivity index (χ2n) is 4.59. The number of hydrogen-bond donors (Lipinski definition) is 2. The lowest BCUT2D eigenvalue weighted by Crippen LogP contribution is -2.34. The van der Waals surface area contributed by atoms with Gasteiger partial charge in [-0.2, -0.15) is 0 Å². The molecule has 0 aromatic heterocycles. The van der Waals surface area contributed by atoms with Gasteiger partial charge in [0.25, 0.3) is 0 Å². The summed E-state index contributed by atoms with van der Waals surface area (Å²) in [6.07, 6.45) is 2.63. The number of halogens is 2. The van der Waals surface area contributed by atoms with Crippen LogP contribution < -0.4 is 5.32 Å². The van der Waals surface area contributed by atoms with E-state index in [0.717, 1.165) is 25.5 Å². The zero-order valence-corrected chi connectivity index (χ0v) is 9.63. The molecule has 1 aliphatic heterocycles. The molecule has 0 spiro atoms. The zero-order valence-electron chi connectivity index (χ0n) is 9.63. The first kappa shape index (κ1) is 12.5. The standard InChI is InChI=1S/C13H17F2NO/c14-10-6-9(7-11(15)8-10)3-4-13(17)12-2-1-5-16-12/h6-8,12-13,16-17H,1-5H2. The number of nitrogens with one attached hydrogen (secondary N) is 1. The van der Waals surface area contributed by atoms with Crippen LogP contribution in [0.1, 0.15) is 24.8 Å². The third-order valence-corrected chi connectivity index (χ3v) is 3.21. The van der Waals surface area contributed by atoms with Crippen LogP contribution in [0.5, 0.6) is 0 Å². The molecule has 1 aromatic carbocycles. The number of rotatable bonds is 4. The predicted octanol–water partition coefficient (Wildman–Crippen LogP) is 2.01. The van der Waals surface area contributed by atoms with E-state index in [1.807, 2.05) is 0 Å². The van der Waals surface area contributed by atoms with E-state index in [-0.39, 0.29) is 6.04 Å². The SMILES string of the molecule is OC(CCc1cc(F)cc(F)c1)C1CCCN1. The number of aliphatic hydroxyl groups excluding tert-OH is 1. The second kappa shape index (κ2) is 5.56. The van der Waals surface area contributed by atoms with Crippen molar-refractivity contribution in [2.45, 2.75) is 37.8 Å². The van der Waals surface area contributed by atoms with Gasteiger partial charge in [0.15, 0.2) is 0 Å². The van der Waals surface area contributed by atoms with Crippen molar-refractivity contribution < 1.29 is 13.9 Å². The van der Waals surface area contributed by atoms with Crippen LogP contribution in [-0.2, 0) is 6.42 Å². The third kappa shape index (κ3) is 3.48. The van der Waals surface area contributed by atoms with E-state index in [0.29, 0.717) is 18.4 Å². The van der Waals surface area contributed by atoms with Gasteiger partial charge in [-0.3, -0.25) is 0 Å². The Balaban J connectivity index is 1.88. The average molecular weight is 241 g/mol. The van der Waals surface area contributed by atoms with Crippen LogP contribution >= 0.6 is 0 Å². The minimum atomic E-state index is -0.562. The lowest BCUT2D eigenvalue weighted by Gasteiger charge is -2.18. The van der Waals surface area contributed by atoms with Crippen molar-refractivity contribution >= 4 is 0 Å². The van der Waals surface area contributed by atoms with Crippen LogP contribution in [0.2, 0.25) is 0 Å². The Labute approximate surface area is 99.7 Å². The Bertz CT molecular complexity index is 357. The topological polar surface area (TPSA) is 32.3 Å². The lowest BCUT2D eigenvalue weighted by molar-refractivity contribution is 0.127. The largest absolute Gasteiger partial charge is 0.391 e. The molecule has 0 aliphatic carbocycles. The summed E-state index contributed by atoms with van der Waals surface area (Å²) in [5, 5.41) is 13.1. The van der Waals surface area contributed by atoms with Gasteiger partial charge < -0.3 is 10.4 Å². The number of aliphatic hydroxyl groups is 1. The van der Waals surface area contributed by atoms with Crippen molar-refractivity contribution in [3.05, 3.63) is 35.4 Å². The molecule has 4 heteroatoms. The van der Waals surface area contributed by atoms with E-state index in [1.54, 1.807) is 0 Å². The fourth-order valence-electron chi connectivity index (χ4n) is 2.31. The van der Waals surface area contributed by atoms with Gasteiger partial charge in [0.2, 0.25) is 0 Å². The van der Waals surface area contributed by atoms with E-state index in [2.05, 4.69) is 5.32 Å². The maximum atomic E-state index is 12.9. The van der Waals surface area contributed by atoms with Gasteiger partial charge in [-0.1, -0.05) is 0 Å². The predicted molar refractivity (Wildman–Crippen MR) is 61.7 cm³/mol. The van der Waals surface area contributed by atoms with Crippen molar-refractivity contribution in [2.75, 3.05) is 6.54 Å². The van der Waals surface area contributed by atoms with Crippen LogP contribution in [0.4, 0.5) is 8.78 Å². The maximum absolute atomic E-state index is 12.9. The number of hydrogen-bond acceptors (Lipinski definition) is 2. The van der Waals surface area contributed by atoms with E-state index >= 15 is 0 Å². The van der Waals surface area contributed by atoms with Gasteiger partial charge >= 0.3 is 0 Å². The van der Waals surface area contributed by atoms with E-state index in [1.165, 1.54) is 12.1 Å². The van der Waals surface area contributed by atoms with Gasteiger partial charge in [-0.15, -0.1) is 0 Å². The van der Waals surface area contributed by atoms with E-state index in [9.17, 15) is 13.9 Å². The molecule has 1 heterocycles. The highest BCUT2D eigenvalue weighted by molar-refractivity contribution is 5.18. The molecule has 94 valence electrons. The molecule has 0 saturated carbocycles. The monoisotopic (exact) mass is 241 g/mol. The highest BCUT2D eigenvalue weighted by atomic mass is 19.1. The highest BCUT2D eigenvalue weighted by Crippen LogP contribution is 2.15. The Hall–Kier alpha value is -1.00. The Morgan fingerprint density at radius 3 is 2.59 bits per heavy atom. The molecule has 2 N–H and O–H groups in total. The Kier molecular flexibility index (Phi) is 4.07. The highest BCUT2D eigenvalue weighted by Gasteiger charge is 2.22. The first-order valence-corrected chi connectivity index (χ1v) is 6.01. The zero-order chi connectivity index (χ0) is 12.3. The summed E-state index contributed by atoms with van der Waals surface area (Å²) < 4.78 is 25.9. The molecule has 2 atom stereocenters. The first-order chi connectivity index (χ1) is 8.15. The molecule has 1 aliphatic rings. The Morgan fingerprint density at radius 1 is 1.29 bits per heavy atom. The van der Waals surface area contributed by atoms with Crippen molar-refractivity contribution in [3.63, 3.8) is 0 Å². The van der Waals surface area contributed by atoms with Crippen LogP contribution in [-0.4, -0.2) is 23.8 Å². The van der Waals surface area contributed by atoms with E-state index in [4.69, 9.17) is 0 Å². The molecule has 1 saturated heterocycles. The second-order valence-corrected chi connectivity index (χ2v) is 4.59. The summed E-state index contributed by atoms with van der Waals surface area (Å²) in [6.45, 7) is 0.941. The van der Waals surface area contributed by atoms with Gasteiger partial charge in [-0.05, 0) is 49.9 Å². The van der Waals surface area contributed by atoms with Crippen molar-refractivity contribution in [3.8, 4) is 0 Å². The number of aryl methyl sites for hydroxylation is 1. The van der Waals surface area contributed by atoms with Crippen LogP contribution in [0.3, 0.4) is 0 Å². The fraction of sp³-hybridized carbons (Fsp3) is 0.538. The van der Waals surface area contributed by atoms with Crippen molar-refractivity contribution in [1.29, 1.82) is 0 Å². The number of benzene rings is 1. The molecule has 1 fully saturated rings. The molecule has 2 nitrogen and oxygen atoms in total. The van der Waals surface area contributed by atoms with Gasteiger partial charge in [-0.25, -0.2) is 8.78 Å². The Morgan fingerprint density at radius 2 is 2.00 bits per heavy atom. The van der Waals surface area contributed by atoms with Gasteiger partial charge in [0.05, 0.1) is 6.10 Å². The van der Waals surface area contributed by atoms with Crippen LogP contribution in [0, 0.1) is 11.6 Å². The van der Waals surface area contributed by atoms with Crippen molar-refractivity contribution in [1.82, 2.24) is 5.32 Å². The van der Waals surface area contributed by atoms with Crippen molar-refractivity contribution in [2.24, 2.45) is 0 Å². The summed E-state index contributed by atoms with van der Waals surface area (Å²) in [6, 6.07) is 3.63. The maximum Gasteiger partial charge on any atom is 0.126 e. The molecule has 17 heavy (non-hydrogen) atoms. The van der Waals surface area contributed by atoms with Gasteiger partial charge in [0, 0.05) is 12.1 Å². The van der Waals surface area contributed by atoms with Gasteiger partial charge in [0.1, 0.15) is 11.6 Å². The quantitative estimate of drug-likeness (QED) is 0.845. The fourth-order valence-corrected chi connectivity index (χ4v) is 2.31.